The molecule has 0 fully saturated rings. The lowest BCUT2D eigenvalue weighted by Gasteiger charge is -2.31. The molecular weight excluding hydrogens is 426 g/mol. The first kappa shape index (κ1) is 21.5. The van der Waals surface area contributed by atoms with E-state index in [9.17, 15) is 4.79 Å². The summed E-state index contributed by atoms with van der Waals surface area (Å²) in [6, 6.07) is 27.9. The van der Waals surface area contributed by atoms with Crippen LogP contribution in [-0.2, 0) is 4.79 Å². The lowest BCUT2D eigenvalue weighted by molar-refractivity contribution is -0.111. The smallest absolute Gasteiger partial charge is 0.250 e. The fourth-order valence-corrected chi connectivity index (χ4v) is 4.13. The fourth-order valence-electron chi connectivity index (χ4n) is 4.13. The van der Waals surface area contributed by atoms with Crippen molar-refractivity contribution in [3.05, 3.63) is 108 Å². The van der Waals surface area contributed by atoms with Gasteiger partial charge in [-0.05, 0) is 41.3 Å². The molecule has 0 bridgehead atoms. The van der Waals surface area contributed by atoms with Gasteiger partial charge in [0, 0.05) is 6.08 Å². The van der Waals surface area contributed by atoms with E-state index in [1.54, 1.807) is 13.2 Å². The number of aromatic nitrogens is 3. The molecule has 0 radical (unpaired) electrons. The van der Waals surface area contributed by atoms with Gasteiger partial charge < -0.3 is 10.1 Å². The van der Waals surface area contributed by atoms with E-state index in [4.69, 9.17) is 4.74 Å². The number of nitrogens with zero attached hydrogens (tertiary/aromatic N) is 3. The minimum atomic E-state index is -0.283. The maximum Gasteiger partial charge on any atom is 0.250 e. The molecule has 1 aliphatic rings. The lowest BCUT2D eigenvalue weighted by Crippen LogP contribution is -2.28. The topological polar surface area (TPSA) is 81.1 Å². The molecule has 1 aliphatic heterocycles. The van der Waals surface area contributed by atoms with Crippen molar-refractivity contribution in [3.63, 3.8) is 0 Å². The maximum atomic E-state index is 12.5. The van der Waals surface area contributed by atoms with Crippen LogP contribution in [-0.4, -0.2) is 27.8 Å². The summed E-state index contributed by atoms with van der Waals surface area (Å²) in [5.74, 6) is 1.41. The second kappa shape index (κ2) is 9.62. The van der Waals surface area contributed by atoms with Gasteiger partial charge in [-0.3, -0.25) is 10.1 Å². The number of methoxy groups -OCH3 is 1. The zero-order chi connectivity index (χ0) is 23.3. The molecule has 0 saturated heterocycles. The van der Waals surface area contributed by atoms with Crippen molar-refractivity contribution in [2.45, 2.75) is 18.5 Å². The van der Waals surface area contributed by atoms with Gasteiger partial charge >= 0.3 is 0 Å². The number of ether oxygens (including phenoxy) is 1. The number of hydrogen-bond donors (Lipinski definition) is 2. The molecule has 7 nitrogen and oxygen atoms in total. The van der Waals surface area contributed by atoms with Crippen molar-refractivity contribution >= 4 is 23.9 Å². The lowest BCUT2D eigenvalue weighted by atomic mass is 9.93. The normalized spacial score (nSPS) is 17.1. The van der Waals surface area contributed by atoms with Crippen molar-refractivity contribution < 1.29 is 9.53 Å². The van der Waals surface area contributed by atoms with Gasteiger partial charge in [-0.2, -0.15) is 4.98 Å². The summed E-state index contributed by atoms with van der Waals surface area (Å²) in [4.78, 5) is 17.1. The van der Waals surface area contributed by atoms with E-state index in [1.807, 2.05) is 65.3 Å². The summed E-state index contributed by atoms with van der Waals surface area (Å²) in [7, 11) is 1.66. The highest BCUT2D eigenvalue weighted by atomic mass is 16.5. The Hall–Kier alpha value is -4.39. The quantitative estimate of drug-likeness (QED) is 0.399. The van der Waals surface area contributed by atoms with Crippen LogP contribution in [0.25, 0.3) is 6.08 Å². The summed E-state index contributed by atoms with van der Waals surface area (Å²) in [5.41, 5.74) is 3.21. The number of rotatable bonds is 6. The van der Waals surface area contributed by atoms with Crippen LogP contribution < -0.4 is 15.4 Å². The highest BCUT2D eigenvalue weighted by molar-refractivity contribution is 6.00. The Kier molecular flexibility index (Phi) is 6.07. The minimum absolute atomic E-state index is 0.0254. The molecule has 0 aliphatic carbocycles. The van der Waals surface area contributed by atoms with Crippen LogP contribution in [0, 0.1) is 0 Å². The predicted molar refractivity (Wildman–Crippen MR) is 133 cm³/mol. The van der Waals surface area contributed by atoms with E-state index >= 15 is 0 Å². The van der Waals surface area contributed by atoms with Crippen LogP contribution >= 0.6 is 0 Å². The van der Waals surface area contributed by atoms with Crippen molar-refractivity contribution in [1.29, 1.82) is 0 Å². The molecule has 1 amide bonds. The molecule has 4 aromatic rings. The second-order valence-corrected chi connectivity index (χ2v) is 8.07. The van der Waals surface area contributed by atoms with E-state index in [-0.39, 0.29) is 23.9 Å². The van der Waals surface area contributed by atoms with Gasteiger partial charge in [0.25, 0.3) is 11.9 Å². The molecular formula is C27H25N5O2. The van der Waals surface area contributed by atoms with Crippen LogP contribution in [0.15, 0.2) is 91.0 Å². The van der Waals surface area contributed by atoms with Crippen molar-refractivity contribution in [2.75, 3.05) is 17.7 Å². The van der Waals surface area contributed by atoms with Crippen molar-refractivity contribution in [1.82, 2.24) is 14.8 Å². The minimum Gasteiger partial charge on any atom is -0.497 e. The van der Waals surface area contributed by atoms with E-state index in [0.29, 0.717) is 5.95 Å². The molecule has 0 spiro atoms. The highest BCUT2D eigenvalue weighted by Crippen LogP contribution is 2.38. The molecule has 7 heteroatoms. The first-order valence-corrected chi connectivity index (χ1v) is 11.2. The highest BCUT2D eigenvalue weighted by Gasteiger charge is 2.31. The summed E-state index contributed by atoms with van der Waals surface area (Å²) >= 11 is 0. The Bertz CT molecular complexity index is 1280. The number of hydrogen-bond acceptors (Lipinski definition) is 5. The number of carbonyl (C=O) groups excluding carboxylic acids is 1. The SMILES string of the molecule is COc1ccc(C2CC(c3ccccc3)n3nc(NC(=O)/C=C/c4ccccc4)nc3N2)cc1. The van der Waals surface area contributed by atoms with Crippen molar-refractivity contribution in [3.8, 4) is 5.75 Å². The van der Waals surface area contributed by atoms with Gasteiger partial charge in [0.1, 0.15) is 5.75 Å². The van der Waals surface area contributed by atoms with E-state index in [1.165, 1.54) is 6.08 Å². The standard InChI is InChI=1S/C27H25N5O2/c1-34-22-15-13-20(14-16-22)23-18-24(21-10-6-3-7-11-21)32-27(28-23)30-26(31-32)29-25(33)17-12-19-8-4-2-5-9-19/h2-17,23-24H,18H2,1H3,(H2,28,29,30,31,33)/b17-12+. The summed E-state index contributed by atoms with van der Waals surface area (Å²) in [6.07, 6.45) is 4.03. The molecule has 2 atom stereocenters. The summed E-state index contributed by atoms with van der Waals surface area (Å²) in [5, 5.41) is 10.9. The monoisotopic (exact) mass is 451 g/mol. The Morgan fingerprint density at radius 3 is 2.41 bits per heavy atom. The van der Waals surface area contributed by atoms with Crippen LogP contribution in [0.3, 0.4) is 0 Å². The Labute approximate surface area is 198 Å². The molecule has 170 valence electrons. The maximum absolute atomic E-state index is 12.5. The number of carbonyl (C=O) groups is 1. The molecule has 34 heavy (non-hydrogen) atoms. The molecule has 0 saturated carbocycles. The predicted octanol–water partition coefficient (Wildman–Crippen LogP) is 5.08. The number of anilines is 2. The van der Waals surface area contributed by atoms with E-state index in [0.717, 1.165) is 28.9 Å². The molecule has 2 unspecified atom stereocenters. The average Bonchev–Trinajstić information content (AvgIpc) is 3.30. The Morgan fingerprint density at radius 1 is 1.00 bits per heavy atom. The Morgan fingerprint density at radius 2 is 1.71 bits per heavy atom. The largest absolute Gasteiger partial charge is 0.497 e. The average molecular weight is 452 g/mol. The van der Waals surface area contributed by atoms with Gasteiger partial charge in [-0.15, -0.1) is 5.10 Å². The summed E-state index contributed by atoms with van der Waals surface area (Å²) in [6.45, 7) is 0. The summed E-state index contributed by atoms with van der Waals surface area (Å²) < 4.78 is 7.15. The number of benzene rings is 3. The van der Waals surface area contributed by atoms with Gasteiger partial charge in [0.2, 0.25) is 5.95 Å². The van der Waals surface area contributed by atoms with Gasteiger partial charge in [-0.1, -0.05) is 72.8 Å². The fraction of sp³-hybridized carbons (Fsp3) is 0.148. The molecule has 5 rings (SSSR count). The number of nitrogens with one attached hydrogen (secondary N) is 2. The first-order valence-electron chi connectivity index (χ1n) is 11.2. The van der Waals surface area contributed by atoms with Gasteiger partial charge in [0.05, 0.1) is 19.2 Å². The van der Waals surface area contributed by atoms with Crippen LogP contribution in [0.4, 0.5) is 11.9 Å². The van der Waals surface area contributed by atoms with Crippen LogP contribution in [0.2, 0.25) is 0 Å². The van der Waals surface area contributed by atoms with Gasteiger partial charge in [0.15, 0.2) is 0 Å². The van der Waals surface area contributed by atoms with E-state index < -0.39 is 0 Å². The number of fused-ring (bicyclic) bond motifs is 1. The molecule has 2 N–H and O–H groups in total. The third kappa shape index (κ3) is 4.68. The molecule has 3 aromatic carbocycles. The van der Waals surface area contributed by atoms with Gasteiger partial charge in [-0.25, -0.2) is 4.68 Å². The molecule has 1 aromatic heterocycles. The third-order valence-corrected chi connectivity index (χ3v) is 5.85. The zero-order valence-electron chi connectivity index (χ0n) is 18.8. The number of amides is 1. The second-order valence-electron chi connectivity index (χ2n) is 8.07. The Balaban J connectivity index is 1.40. The van der Waals surface area contributed by atoms with Crippen LogP contribution in [0.5, 0.6) is 5.75 Å². The third-order valence-electron chi connectivity index (χ3n) is 5.85. The first-order chi connectivity index (χ1) is 16.7. The zero-order valence-corrected chi connectivity index (χ0v) is 18.8. The van der Waals surface area contributed by atoms with E-state index in [2.05, 4.69) is 45.0 Å². The molecule has 2 heterocycles. The van der Waals surface area contributed by atoms with Crippen LogP contribution in [0.1, 0.15) is 35.2 Å². The van der Waals surface area contributed by atoms with Crippen molar-refractivity contribution in [2.24, 2.45) is 0 Å².